The summed E-state index contributed by atoms with van der Waals surface area (Å²) in [5, 5.41) is 9.12. The second-order valence-corrected chi connectivity index (χ2v) is 4.72. The Labute approximate surface area is 125 Å². The van der Waals surface area contributed by atoms with Crippen LogP contribution in [-0.4, -0.2) is 38.9 Å². The fraction of sp³-hybridized carbons (Fsp3) is 0.462. The van der Waals surface area contributed by atoms with E-state index in [1.807, 2.05) is 0 Å². The molecule has 0 radical (unpaired) electrons. The van der Waals surface area contributed by atoms with Crippen molar-refractivity contribution in [3.8, 4) is 0 Å². The molecule has 20 heavy (non-hydrogen) atoms. The molecular weight excluding hydrogens is 332 g/mol. The third-order valence-electron chi connectivity index (χ3n) is 2.39. The zero-order chi connectivity index (χ0) is 15.0. The van der Waals surface area contributed by atoms with Gasteiger partial charge in [-0.1, -0.05) is 15.9 Å². The summed E-state index contributed by atoms with van der Waals surface area (Å²) >= 11 is 3.43. The van der Waals surface area contributed by atoms with E-state index in [2.05, 4.69) is 15.9 Å². The molecule has 1 aromatic rings. The zero-order valence-corrected chi connectivity index (χ0v) is 12.9. The molecule has 0 saturated heterocycles. The van der Waals surface area contributed by atoms with Gasteiger partial charge >= 0.3 is 5.97 Å². The minimum absolute atomic E-state index is 0.138. The van der Waals surface area contributed by atoms with Crippen LogP contribution < -0.4 is 0 Å². The Morgan fingerprint density at radius 2 is 1.55 bits per heavy atom. The first-order valence-corrected chi connectivity index (χ1v) is 6.57. The highest BCUT2D eigenvalue weighted by molar-refractivity contribution is 9.10. The van der Waals surface area contributed by atoms with Crippen molar-refractivity contribution in [1.29, 1.82) is 0 Å². The van der Waals surface area contributed by atoms with E-state index in [0.717, 1.165) is 15.6 Å². The number of carboxylic acids is 1. The number of carbonyl (C=O) groups is 1. The van der Waals surface area contributed by atoms with Crippen molar-refractivity contribution in [2.75, 3.05) is 27.8 Å². The molecule has 0 aliphatic heterocycles. The zero-order valence-electron chi connectivity index (χ0n) is 11.3. The monoisotopic (exact) mass is 348 g/mol. The van der Waals surface area contributed by atoms with Crippen LogP contribution in [0.5, 0.6) is 0 Å². The minimum atomic E-state index is -1.00. The predicted octanol–water partition coefficient (Wildman–Crippen LogP) is 2.39. The number of hydrogen-bond acceptors (Lipinski definition) is 5. The summed E-state index contributed by atoms with van der Waals surface area (Å²) in [6, 6.07) is 3.11. The second kappa shape index (κ2) is 9.04. The largest absolute Gasteiger partial charge is 0.478 e. The molecule has 7 heteroatoms. The first kappa shape index (κ1) is 17.1. The Hall–Kier alpha value is -0.990. The highest BCUT2D eigenvalue weighted by Crippen LogP contribution is 2.25. The van der Waals surface area contributed by atoms with Crippen molar-refractivity contribution in [2.45, 2.75) is 13.2 Å². The van der Waals surface area contributed by atoms with Gasteiger partial charge in [-0.25, -0.2) is 4.79 Å². The number of rotatable bonds is 9. The van der Waals surface area contributed by atoms with Crippen LogP contribution in [0.4, 0.5) is 0 Å². The Morgan fingerprint density at radius 1 is 1.10 bits per heavy atom. The molecule has 0 heterocycles. The molecule has 0 aromatic heterocycles. The Morgan fingerprint density at radius 3 is 1.90 bits per heavy atom. The van der Waals surface area contributed by atoms with Gasteiger partial charge in [-0.2, -0.15) is 0 Å². The van der Waals surface area contributed by atoms with Crippen LogP contribution in [0.3, 0.4) is 0 Å². The predicted molar refractivity (Wildman–Crippen MR) is 74.4 cm³/mol. The Balaban J connectivity index is 2.93. The van der Waals surface area contributed by atoms with Crippen molar-refractivity contribution in [2.24, 2.45) is 0 Å². The van der Waals surface area contributed by atoms with Crippen LogP contribution in [0, 0.1) is 0 Å². The van der Waals surface area contributed by atoms with E-state index in [0.29, 0.717) is 0 Å². The van der Waals surface area contributed by atoms with E-state index in [9.17, 15) is 4.79 Å². The fourth-order valence-electron chi connectivity index (χ4n) is 1.55. The van der Waals surface area contributed by atoms with Gasteiger partial charge in [-0.05, 0) is 23.3 Å². The first-order valence-electron chi connectivity index (χ1n) is 5.78. The van der Waals surface area contributed by atoms with Crippen molar-refractivity contribution >= 4 is 21.9 Å². The molecule has 0 unspecified atom stereocenters. The summed E-state index contributed by atoms with van der Waals surface area (Å²) in [4.78, 5) is 11.1. The van der Waals surface area contributed by atoms with Gasteiger partial charge < -0.3 is 24.1 Å². The maximum Gasteiger partial charge on any atom is 0.335 e. The molecule has 0 spiro atoms. The molecule has 1 N–H and O–H groups in total. The Bertz CT molecular complexity index is 417. The van der Waals surface area contributed by atoms with Gasteiger partial charge in [0.1, 0.15) is 13.6 Å². The number of methoxy groups -OCH3 is 2. The molecule has 0 fully saturated rings. The van der Waals surface area contributed by atoms with Crippen molar-refractivity contribution in [3.05, 3.63) is 33.3 Å². The summed E-state index contributed by atoms with van der Waals surface area (Å²) in [5.74, 6) is -1.00. The highest BCUT2D eigenvalue weighted by Gasteiger charge is 2.13. The SMILES string of the molecule is COCOCc1cc(C(=O)O)cc(COCOC)c1Br. The number of carboxylic acid groups (broad SMARTS) is 1. The van der Waals surface area contributed by atoms with E-state index in [1.54, 1.807) is 12.1 Å². The maximum atomic E-state index is 11.1. The fourth-order valence-corrected chi connectivity index (χ4v) is 2.01. The highest BCUT2D eigenvalue weighted by atomic mass is 79.9. The van der Waals surface area contributed by atoms with Crippen LogP contribution in [0.2, 0.25) is 0 Å². The average molecular weight is 349 g/mol. The lowest BCUT2D eigenvalue weighted by Crippen LogP contribution is -2.06. The quantitative estimate of drug-likeness (QED) is 0.545. The molecule has 0 saturated carbocycles. The smallest absolute Gasteiger partial charge is 0.335 e. The van der Waals surface area contributed by atoms with Gasteiger partial charge in [0, 0.05) is 18.7 Å². The van der Waals surface area contributed by atoms with Crippen molar-refractivity contribution < 1.29 is 28.8 Å². The summed E-state index contributed by atoms with van der Waals surface area (Å²) in [6.07, 6.45) is 0. The standard InChI is InChI=1S/C13H17BrO6/c1-17-7-19-5-10-3-9(13(15)16)4-11(12(10)14)6-20-8-18-2/h3-4H,5-8H2,1-2H3,(H,15,16). The number of hydrogen-bond donors (Lipinski definition) is 1. The number of aromatic carboxylic acids is 1. The lowest BCUT2D eigenvalue weighted by molar-refractivity contribution is -0.0410. The van der Waals surface area contributed by atoms with Gasteiger partial charge in [0.05, 0.1) is 18.8 Å². The molecule has 0 aliphatic carbocycles. The van der Waals surface area contributed by atoms with Gasteiger partial charge in [0.25, 0.3) is 0 Å². The van der Waals surface area contributed by atoms with Crippen LogP contribution in [0.1, 0.15) is 21.5 Å². The number of halogens is 1. The second-order valence-electron chi connectivity index (χ2n) is 3.92. The van der Waals surface area contributed by atoms with E-state index in [-0.39, 0.29) is 32.4 Å². The molecule has 1 aromatic carbocycles. The first-order chi connectivity index (χ1) is 9.60. The van der Waals surface area contributed by atoms with Gasteiger partial charge in [0.2, 0.25) is 0 Å². The third-order valence-corrected chi connectivity index (χ3v) is 3.41. The van der Waals surface area contributed by atoms with Gasteiger partial charge in [-0.15, -0.1) is 0 Å². The lowest BCUT2D eigenvalue weighted by Gasteiger charge is -2.12. The van der Waals surface area contributed by atoms with E-state index in [4.69, 9.17) is 24.1 Å². The van der Waals surface area contributed by atoms with Crippen LogP contribution in [0.15, 0.2) is 16.6 Å². The number of ether oxygens (including phenoxy) is 4. The molecule has 0 bridgehead atoms. The molecule has 6 nitrogen and oxygen atoms in total. The molecule has 0 aliphatic rings. The minimum Gasteiger partial charge on any atom is -0.478 e. The normalized spacial score (nSPS) is 10.8. The maximum absolute atomic E-state index is 11.1. The lowest BCUT2D eigenvalue weighted by atomic mass is 10.1. The third kappa shape index (κ3) is 5.18. The average Bonchev–Trinajstić information content (AvgIpc) is 2.42. The van der Waals surface area contributed by atoms with Crippen molar-refractivity contribution in [1.82, 2.24) is 0 Å². The van der Waals surface area contributed by atoms with E-state index < -0.39 is 5.97 Å². The molecule has 1 rings (SSSR count). The van der Waals surface area contributed by atoms with Gasteiger partial charge in [0.15, 0.2) is 0 Å². The summed E-state index contributed by atoms with van der Waals surface area (Å²) < 4.78 is 20.9. The Kier molecular flexibility index (Phi) is 7.71. The van der Waals surface area contributed by atoms with Crippen molar-refractivity contribution in [3.63, 3.8) is 0 Å². The topological polar surface area (TPSA) is 74.2 Å². The summed E-state index contributed by atoms with van der Waals surface area (Å²) in [6.45, 7) is 0.762. The van der Waals surface area contributed by atoms with Crippen LogP contribution in [0.25, 0.3) is 0 Å². The van der Waals surface area contributed by atoms with Crippen LogP contribution in [-0.2, 0) is 32.2 Å². The molecule has 0 atom stereocenters. The number of benzene rings is 1. The molecule has 0 amide bonds. The van der Waals surface area contributed by atoms with E-state index >= 15 is 0 Å². The molecular formula is C13H17BrO6. The summed E-state index contributed by atoms with van der Waals surface area (Å²) in [5.41, 5.74) is 1.62. The van der Waals surface area contributed by atoms with Gasteiger partial charge in [-0.3, -0.25) is 0 Å². The molecule has 112 valence electrons. The van der Waals surface area contributed by atoms with Crippen LogP contribution >= 0.6 is 15.9 Å². The van der Waals surface area contributed by atoms with E-state index in [1.165, 1.54) is 14.2 Å². The summed E-state index contributed by atoms with van der Waals surface area (Å²) in [7, 11) is 3.04.